The number of aromatic nitrogens is 6. The molecule has 0 spiro atoms. The van der Waals surface area contributed by atoms with Gasteiger partial charge in [-0.1, -0.05) is 12.1 Å². The van der Waals surface area contributed by atoms with E-state index in [9.17, 15) is 4.39 Å². The van der Waals surface area contributed by atoms with Crippen molar-refractivity contribution in [1.82, 2.24) is 29.3 Å². The zero-order valence-electron chi connectivity index (χ0n) is 17.9. The molecule has 162 valence electrons. The minimum absolute atomic E-state index is 0.124. The number of halogens is 1. The third kappa shape index (κ3) is 3.91. The van der Waals surface area contributed by atoms with Gasteiger partial charge >= 0.3 is 0 Å². The summed E-state index contributed by atoms with van der Waals surface area (Å²) in [7, 11) is 1.62. The van der Waals surface area contributed by atoms with Gasteiger partial charge in [0.2, 0.25) is 0 Å². The number of nitrogens with zero attached hydrogens (tertiary/aromatic N) is 6. The number of aryl methyl sites for hydroxylation is 2. The Morgan fingerprint density at radius 3 is 2.75 bits per heavy atom. The maximum Gasteiger partial charge on any atom is 0.180 e. The Kier molecular flexibility index (Phi) is 5.26. The van der Waals surface area contributed by atoms with Crippen LogP contribution in [0.3, 0.4) is 0 Å². The second-order valence-corrected chi connectivity index (χ2v) is 7.85. The van der Waals surface area contributed by atoms with Gasteiger partial charge in [-0.3, -0.25) is 4.57 Å². The molecule has 3 aromatic heterocycles. The summed E-state index contributed by atoms with van der Waals surface area (Å²) in [6, 6.07) is 8.59. The Hall–Kier alpha value is -3.81. The van der Waals surface area contributed by atoms with E-state index in [0.29, 0.717) is 17.4 Å². The maximum atomic E-state index is 13.3. The smallest absolute Gasteiger partial charge is 0.180 e. The average molecular weight is 430 g/mol. The molecular formula is C24H23FN6O. The molecular weight excluding hydrogens is 407 g/mol. The summed E-state index contributed by atoms with van der Waals surface area (Å²) in [5.74, 6) is 2.79. The molecule has 0 radical (unpaired) electrons. The fourth-order valence-electron chi connectivity index (χ4n) is 4.05. The largest absolute Gasteiger partial charge is 0.493 e. The Morgan fingerprint density at radius 1 is 1.16 bits per heavy atom. The lowest BCUT2D eigenvalue weighted by atomic mass is 9.91. The van der Waals surface area contributed by atoms with Crippen LogP contribution in [-0.2, 0) is 6.54 Å². The van der Waals surface area contributed by atoms with Gasteiger partial charge in [0.05, 0.1) is 12.8 Å². The van der Waals surface area contributed by atoms with Gasteiger partial charge in [-0.05, 0) is 61.2 Å². The van der Waals surface area contributed by atoms with Gasteiger partial charge in [0.1, 0.15) is 18.0 Å². The third-order valence-corrected chi connectivity index (χ3v) is 5.62. The number of pyridine rings is 1. The molecule has 0 amide bonds. The normalized spacial score (nSPS) is 15.8. The number of ether oxygens (including phenoxy) is 1. The van der Waals surface area contributed by atoms with E-state index in [0.717, 1.165) is 42.0 Å². The first-order chi connectivity index (χ1) is 15.6. The van der Waals surface area contributed by atoms with Crippen LogP contribution in [0.1, 0.15) is 47.2 Å². The molecule has 4 aromatic rings. The molecule has 32 heavy (non-hydrogen) atoms. The molecule has 1 atom stereocenters. The van der Waals surface area contributed by atoms with E-state index in [1.54, 1.807) is 19.6 Å². The maximum absolute atomic E-state index is 13.3. The molecule has 0 N–H and O–H groups in total. The molecule has 0 saturated carbocycles. The van der Waals surface area contributed by atoms with Crippen LogP contribution in [0.25, 0.3) is 18.0 Å². The Morgan fingerprint density at radius 2 is 2.00 bits per heavy atom. The minimum Gasteiger partial charge on any atom is -0.493 e. The van der Waals surface area contributed by atoms with Crippen LogP contribution in [-0.4, -0.2) is 36.4 Å². The van der Waals surface area contributed by atoms with Gasteiger partial charge in [0.15, 0.2) is 17.4 Å². The topological polar surface area (TPSA) is 70.7 Å². The monoisotopic (exact) mass is 430 g/mol. The predicted octanol–water partition coefficient (Wildman–Crippen LogP) is 4.41. The molecule has 0 unspecified atom stereocenters. The number of hydrogen-bond donors (Lipinski definition) is 0. The Balaban J connectivity index is 1.40. The van der Waals surface area contributed by atoms with Crippen molar-refractivity contribution < 1.29 is 9.13 Å². The Bertz CT molecular complexity index is 1270. The summed E-state index contributed by atoms with van der Waals surface area (Å²) in [5, 5.41) is 4.65. The van der Waals surface area contributed by atoms with Gasteiger partial charge in [-0.15, -0.1) is 0 Å². The first kappa shape index (κ1) is 20.1. The van der Waals surface area contributed by atoms with Crippen LogP contribution in [0.4, 0.5) is 4.39 Å². The number of hydrogen-bond acceptors (Lipinski definition) is 5. The van der Waals surface area contributed by atoms with Crippen molar-refractivity contribution in [1.29, 1.82) is 0 Å². The summed E-state index contributed by atoms with van der Waals surface area (Å²) in [6.07, 6.45) is 11.2. The SMILES string of the molecule is COc1cc(C=Cc2nc3n(n2)CCC[C@H]3c2ccc(F)cc2)cnc1-n1cnc(C)c1. The Labute approximate surface area is 185 Å². The molecule has 1 aromatic carbocycles. The van der Waals surface area contributed by atoms with Crippen LogP contribution in [0.5, 0.6) is 5.75 Å². The summed E-state index contributed by atoms with van der Waals surface area (Å²) in [4.78, 5) is 13.6. The number of benzene rings is 1. The lowest BCUT2D eigenvalue weighted by molar-refractivity contribution is 0.410. The lowest BCUT2D eigenvalue weighted by Crippen LogP contribution is -2.17. The highest BCUT2D eigenvalue weighted by Gasteiger charge is 2.25. The highest BCUT2D eigenvalue weighted by molar-refractivity contribution is 5.67. The van der Waals surface area contributed by atoms with Crippen molar-refractivity contribution in [3.63, 3.8) is 0 Å². The van der Waals surface area contributed by atoms with Crippen molar-refractivity contribution in [3.8, 4) is 11.6 Å². The van der Waals surface area contributed by atoms with E-state index in [1.807, 2.05) is 52.7 Å². The molecule has 4 heterocycles. The molecule has 5 rings (SSSR count). The molecule has 8 heteroatoms. The van der Waals surface area contributed by atoms with Gasteiger partial charge < -0.3 is 4.74 Å². The van der Waals surface area contributed by atoms with Crippen LogP contribution >= 0.6 is 0 Å². The summed E-state index contributed by atoms with van der Waals surface area (Å²) in [5.41, 5.74) is 2.85. The first-order valence-corrected chi connectivity index (χ1v) is 10.5. The van der Waals surface area contributed by atoms with Gasteiger partial charge in [-0.25, -0.2) is 24.0 Å². The number of methoxy groups -OCH3 is 1. The zero-order chi connectivity index (χ0) is 22.1. The number of fused-ring (bicyclic) bond motifs is 1. The average Bonchev–Trinajstić information content (AvgIpc) is 3.43. The van der Waals surface area contributed by atoms with Gasteiger partial charge in [0.25, 0.3) is 0 Å². The van der Waals surface area contributed by atoms with Crippen molar-refractivity contribution in [2.75, 3.05) is 7.11 Å². The highest BCUT2D eigenvalue weighted by atomic mass is 19.1. The summed E-state index contributed by atoms with van der Waals surface area (Å²) in [6.45, 7) is 2.76. The van der Waals surface area contributed by atoms with E-state index >= 15 is 0 Å². The summed E-state index contributed by atoms with van der Waals surface area (Å²) >= 11 is 0. The van der Waals surface area contributed by atoms with Crippen LogP contribution in [0.15, 0.2) is 49.1 Å². The number of rotatable bonds is 5. The van der Waals surface area contributed by atoms with Gasteiger partial charge in [0, 0.05) is 24.9 Å². The van der Waals surface area contributed by atoms with E-state index in [2.05, 4.69) is 15.1 Å². The van der Waals surface area contributed by atoms with Crippen LogP contribution in [0.2, 0.25) is 0 Å². The molecule has 0 fully saturated rings. The highest BCUT2D eigenvalue weighted by Crippen LogP contribution is 2.32. The molecule has 7 nitrogen and oxygen atoms in total. The number of imidazole rings is 1. The van der Waals surface area contributed by atoms with Crippen molar-refractivity contribution in [3.05, 3.63) is 83.3 Å². The van der Waals surface area contributed by atoms with Crippen LogP contribution < -0.4 is 4.74 Å². The molecule has 0 bridgehead atoms. The van der Waals surface area contributed by atoms with E-state index in [1.165, 1.54) is 12.1 Å². The fourth-order valence-corrected chi connectivity index (χ4v) is 4.05. The van der Waals surface area contributed by atoms with E-state index in [4.69, 9.17) is 9.72 Å². The fraction of sp³-hybridized carbons (Fsp3) is 0.250. The minimum atomic E-state index is -0.229. The quantitative estimate of drug-likeness (QED) is 0.469. The summed E-state index contributed by atoms with van der Waals surface area (Å²) < 4.78 is 22.7. The van der Waals surface area contributed by atoms with Crippen LogP contribution in [0, 0.1) is 12.7 Å². The van der Waals surface area contributed by atoms with Crippen molar-refractivity contribution >= 4 is 12.2 Å². The third-order valence-electron chi connectivity index (χ3n) is 5.62. The molecule has 1 aliphatic rings. The second kappa shape index (κ2) is 8.37. The second-order valence-electron chi connectivity index (χ2n) is 7.85. The first-order valence-electron chi connectivity index (χ1n) is 10.5. The van der Waals surface area contributed by atoms with Crippen molar-refractivity contribution in [2.24, 2.45) is 0 Å². The lowest BCUT2D eigenvalue weighted by Gasteiger charge is -2.22. The predicted molar refractivity (Wildman–Crippen MR) is 119 cm³/mol. The van der Waals surface area contributed by atoms with Gasteiger partial charge in [-0.2, -0.15) is 5.10 Å². The molecule has 1 aliphatic heterocycles. The molecule has 0 saturated heterocycles. The van der Waals surface area contributed by atoms with E-state index < -0.39 is 0 Å². The molecule has 0 aliphatic carbocycles. The van der Waals surface area contributed by atoms with E-state index in [-0.39, 0.29) is 11.7 Å². The standard InChI is InChI=1S/C24H23FN6O/c1-16-14-30(15-27-16)24-21(32-2)12-17(13-26-24)5-10-22-28-23-20(4-3-11-31(23)29-22)18-6-8-19(25)9-7-18/h5-10,12-15,20H,3-4,11H2,1-2H3/t20-/m0/s1. The zero-order valence-corrected chi connectivity index (χ0v) is 17.9. The van der Waals surface area contributed by atoms with Crippen molar-refractivity contribution in [2.45, 2.75) is 32.2 Å².